The van der Waals surface area contributed by atoms with Crippen LogP contribution in [0.15, 0.2) is 4.52 Å². The summed E-state index contributed by atoms with van der Waals surface area (Å²) in [5, 5.41) is 10.1. The Balaban J connectivity index is 2.29. The number of carbonyl (C=O) groups excluding carboxylic acids is 1. The van der Waals surface area contributed by atoms with E-state index in [1.54, 1.807) is 0 Å². The monoisotopic (exact) mass is 273 g/mol. The van der Waals surface area contributed by atoms with Gasteiger partial charge in [0.2, 0.25) is 11.1 Å². The molecule has 0 aliphatic carbocycles. The van der Waals surface area contributed by atoms with Crippen molar-refractivity contribution in [2.75, 3.05) is 13.1 Å². The number of likely N-dealkylation sites (N-methyl/N-ethyl adjacent to an activating group) is 1. The first-order valence-corrected chi connectivity index (χ1v) is 6.53. The van der Waals surface area contributed by atoms with Crippen molar-refractivity contribution in [3.05, 3.63) is 16.5 Å². The molecule has 0 spiro atoms. The molecular formula is C12H20ClN3O2. The van der Waals surface area contributed by atoms with Crippen molar-refractivity contribution in [3.63, 3.8) is 0 Å². The van der Waals surface area contributed by atoms with Gasteiger partial charge in [0.15, 0.2) is 0 Å². The van der Waals surface area contributed by atoms with E-state index in [4.69, 9.17) is 16.1 Å². The summed E-state index contributed by atoms with van der Waals surface area (Å²) >= 11 is 5.83. The van der Waals surface area contributed by atoms with Crippen LogP contribution in [0.5, 0.6) is 0 Å². The molecule has 1 atom stereocenters. The average molecular weight is 274 g/mol. The van der Waals surface area contributed by atoms with Crippen molar-refractivity contribution in [3.8, 4) is 0 Å². The number of amides is 1. The second-order valence-corrected chi connectivity index (χ2v) is 4.63. The van der Waals surface area contributed by atoms with Crippen LogP contribution in [0.2, 0.25) is 5.22 Å². The number of halogens is 1. The Morgan fingerprint density at radius 1 is 1.56 bits per heavy atom. The van der Waals surface area contributed by atoms with E-state index in [9.17, 15) is 4.79 Å². The van der Waals surface area contributed by atoms with Crippen LogP contribution in [0.4, 0.5) is 0 Å². The van der Waals surface area contributed by atoms with Crippen LogP contribution in [-0.2, 0) is 11.2 Å². The summed E-state index contributed by atoms with van der Waals surface area (Å²) in [6.45, 7) is 7.41. The number of nitrogens with zero attached hydrogens (tertiary/aromatic N) is 1. The van der Waals surface area contributed by atoms with Gasteiger partial charge in [-0.3, -0.25) is 4.79 Å². The zero-order chi connectivity index (χ0) is 13.5. The molecule has 0 saturated carbocycles. The second kappa shape index (κ2) is 7.38. The van der Waals surface area contributed by atoms with E-state index in [0.717, 1.165) is 17.8 Å². The van der Waals surface area contributed by atoms with Crippen molar-refractivity contribution in [1.82, 2.24) is 15.8 Å². The van der Waals surface area contributed by atoms with Gasteiger partial charge < -0.3 is 15.2 Å². The van der Waals surface area contributed by atoms with Crippen LogP contribution in [0.25, 0.3) is 0 Å². The van der Waals surface area contributed by atoms with Gasteiger partial charge in [-0.05, 0) is 38.4 Å². The molecule has 18 heavy (non-hydrogen) atoms. The molecule has 0 bridgehead atoms. The first kappa shape index (κ1) is 15.0. The van der Waals surface area contributed by atoms with Gasteiger partial charge in [0.25, 0.3) is 0 Å². The van der Waals surface area contributed by atoms with Gasteiger partial charge in [0, 0.05) is 24.6 Å². The van der Waals surface area contributed by atoms with E-state index in [2.05, 4.69) is 15.8 Å². The lowest BCUT2D eigenvalue weighted by molar-refractivity contribution is -0.121. The Morgan fingerprint density at radius 2 is 2.28 bits per heavy atom. The van der Waals surface area contributed by atoms with E-state index >= 15 is 0 Å². The number of nitrogens with one attached hydrogen (secondary N) is 2. The van der Waals surface area contributed by atoms with E-state index in [-0.39, 0.29) is 17.2 Å². The third-order valence-electron chi connectivity index (χ3n) is 2.70. The highest BCUT2D eigenvalue weighted by molar-refractivity contribution is 6.29. The highest BCUT2D eigenvalue weighted by Gasteiger charge is 2.12. The van der Waals surface area contributed by atoms with Gasteiger partial charge in [-0.25, -0.2) is 0 Å². The van der Waals surface area contributed by atoms with E-state index in [0.29, 0.717) is 19.4 Å². The molecule has 2 N–H and O–H groups in total. The Bertz CT molecular complexity index is 373. The molecule has 0 aliphatic heterocycles. The Morgan fingerprint density at radius 3 is 2.83 bits per heavy atom. The Hall–Kier alpha value is -1.07. The van der Waals surface area contributed by atoms with Gasteiger partial charge in [-0.2, -0.15) is 0 Å². The third kappa shape index (κ3) is 4.66. The minimum atomic E-state index is 0.0106. The fourth-order valence-corrected chi connectivity index (χ4v) is 1.92. The molecule has 5 nitrogen and oxygen atoms in total. The standard InChI is InChI=1S/C12H20ClN3O2/c1-4-14-8(2)7-15-11(17)6-5-10-9(3)16-18-12(10)13/h8,14H,4-7H2,1-3H3,(H,15,17)/t8-/m1/s1. The van der Waals surface area contributed by atoms with Gasteiger partial charge >= 0.3 is 0 Å². The predicted octanol–water partition coefficient (Wildman–Crippen LogP) is 1.68. The third-order valence-corrected chi connectivity index (χ3v) is 2.99. The predicted molar refractivity (Wildman–Crippen MR) is 70.7 cm³/mol. The molecule has 6 heteroatoms. The fourth-order valence-electron chi connectivity index (χ4n) is 1.65. The van der Waals surface area contributed by atoms with E-state index in [1.807, 2.05) is 20.8 Å². The van der Waals surface area contributed by atoms with Gasteiger partial charge in [-0.15, -0.1) is 0 Å². The van der Waals surface area contributed by atoms with Crippen molar-refractivity contribution in [2.24, 2.45) is 0 Å². The molecule has 1 aromatic rings. The van der Waals surface area contributed by atoms with E-state index in [1.165, 1.54) is 0 Å². The first-order valence-electron chi connectivity index (χ1n) is 6.15. The molecule has 0 saturated heterocycles. The summed E-state index contributed by atoms with van der Waals surface area (Å²) in [7, 11) is 0. The molecule has 1 amide bonds. The highest BCUT2D eigenvalue weighted by Crippen LogP contribution is 2.20. The number of rotatable bonds is 7. The summed E-state index contributed by atoms with van der Waals surface area (Å²) in [6.07, 6.45) is 0.941. The summed E-state index contributed by atoms with van der Waals surface area (Å²) < 4.78 is 4.83. The van der Waals surface area contributed by atoms with Crippen molar-refractivity contribution < 1.29 is 9.32 Å². The average Bonchev–Trinajstić information content (AvgIpc) is 2.64. The number of carbonyl (C=O) groups is 1. The minimum Gasteiger partial charge on any atom is -0.355 e. The van der Waals surface area contributed by atoms with Crippen LogP contribution in [-0.4, -0.2) is 30.2 Å². The highest BCUT2D eigenvalue weighted by atomic mass is 35.5. The number of aromatic nitrogens is 1. The lowest BCUT2D eigenvalue weighted by atomic mass is 10.1. The van der Waals surface area contributed by atoms with Gasteiger partial charge in [0.1, 0.15) is 0 Å². The van der Waals surface area contributed by atoms with Crippen LogP contribution < -0.4 is 10.6 Å². The molecule has 0 fully saturated rings. The zero-order valence-corrected chi connectivity index (χ0v) is 11.8. The van der Waals surface area contributed by atoms with E-state index < -0.39 is 0 Å². The topological polar surface area (TPSA) is 67.2 Å². The molecule has 1 rings (SSSR count). The lowest BCUT2D eigenvalue weighted by Crippen LogP contribution is -2.38. The molecular weight excluding hydrogens is 254 g/mol. The molecule has 0 unspecified atom stereocenters. The quantitative estimate of drug-likeness (QED) is 0.793. The Kier molecular flexibility index (Phi) is 6.15. The smallest absolute Gasteiger partial charge is 0.229 e. The number of hydrogen-bond donors (Lipinski definition) is 2. The van der Waals surface area contributed by atoms with Gasteiger partial charge in [0.05, 0.1) is 5.69 Å². The van der Waals surface area contributed by atoms with Crippen LogP contribution in [0.1, 0.15) is 31.5 Å². The van der Waals surface area contributed by atoms with Gasteiger partial charge in [-0.1, -0.05) is 12.1 Å². The molecule has 0 radical (unpaired) electrons. The molecule has 0 aromatic carbocycles. The molecule has 0 aliphatic rings. The maximum atomic E-state index is 11.6. The maximum absolute atomic E-state index is 11.6. The second-order valence-electron chi connectivity index (χ2n) is 4.28. The number of hydrogen-bond acceptors (Lipinski definition) is 4. The van der Waals surface area contributed by atoms with Crippen molar-refractivity contribution in [2.45, 2.75) is 39.7 Å². The normalized spacial score (nSPS) is 12.4. The van der Waals surface area contributed by atoms with Crippen LogP contribution >= 0.6 is 11.6 Å². The lowest BCUT2D eigenvalue weighted by Gasteiger charge is -2.13. The zero-order valence-electron chi connectivity index (χ0n) is 11.0. The molecule has 1 heterocycles. The SMILES string of the molecule is CCN[C@H](C)CNC(=O)CCc1c(C)noc1Cl. The minimum absolute atomic E-state index is 0.0106. The molecule has 102 valence electrons. The summed E-state index contributed by atoms with van der Waals surface area (Å²) in [5.74, 6) is 0.0106. The summed E-state index contributed by atoms with van der Waals surface area (Å²) in [5.41, 5.74) is 1.56. The fraction of sp³-hybridized carbons (Fsp3) is 0.667. The Labute approximate surface area is 112 Å². The van der Waals surface area contributed by atoms with Crippen LogP contribution in [0.3, 0.4) is 0 Å². The largest absolute Gasteiger partial charge is 0.355 e. The summed E-state index contributed by atoms with van der Waals surface area (Å²) in [4.78, 5) is 11.6. The number of aryl methyl sites for hydroxylation is 1. The van der Waals surface area contributed by atoms with Crippen LogP contribution in [0, 0.1) is 6.92 Å². The van der Waals surface area contributed by atoms with Crippen molar-refractivity contribution >= 4 is 17.5 Å². The molecule has 1 aromatic heterocycles. The first-order chi connectivity index (χ1) is 8.54. The summed E-state index contributed by atoms with van der Waals surface area (Å²) in [6, 6.07) is 0.278. The maximum Gasteiger partial charge on any atom is 0.229 e. The van der Waals surface area contributed by atoms with Crippen molar-refractivity contribution in [1.29, 1.82) is 0 Å².